The van der Waals surface area contributed by atoms with E-state index in [2.05, 4.69) is 82.4 Å². The topological polar surface area (TPSA) is 111 Å². The summed E-state index contributed by atoms with van der Waals surface area (Å²) < 4.78 is 0. The highest BCUT2D eigenvalue weighted by Crippen LogP contribution is 2.19. The van der Waals surface area contributed by atoms with E-state index < -0.39 is 0 Å². The Morgan fingerprint density at radius 3 is 1.88 bits per heavy atom. The van der Waals surface area contributed by atoms with Crippen LogP contribution in [0.25, 0.3) is 46.4 Å². The summed E-state index contributed by atoms with van der Waals surface area (Å²) in [5.41, 5.74) is 11.1. The van der Waals surface area contributed by atoms with Crippen LogP contribution in [0.3, 0.4) is 0 Å². The predicted molar refractivity (Wildman–Crippen MR) is 167 cm³/mol. The average Bonchev–Trinajstić information content (AvgIpc) is 3.83. The number of rotatable bonds is 2. The van der Waals surface area contributed by atoms with Crippen LogP contribution < -0.4 is 0 Å². The number of aromatic nitrogens is 6. The summed E-state index contributed by atoms with van der Waals surface area (Å²) in [6.07, 6.45) is 12.3. The monoisotopic (exact) mass is 534 g/mol. The Morgan fingerprint density at radius 1 is 0.659 bits per heavy atom. The third-order valence-corrected chi connectivity index (χ3v) is 6.74. The molecule has 3 aliphatic heterocycles. The van der Waals surface area contributed by atoms with Crippen molar-refractivity contribution >= 4 is 64.1 Å². The van der Waals surface area contributed by atoms with Gasteiger partial charge in [-0.15, -0.1) is 0 Å². The molecule has 7 heterocycles. The van der Waals surface area contributed by atoms with Crippen molar-refractivity contribution in [2.24, 2.45) is 9.98 Å². The zero-order valence-corrected chi connectivity index (χ0v) is 22.1. The molecule has 3 N–H and O–H groups in total. The molecule has 0 saturated carbocycles. The Labute approximate surface area is 236 Å². The molecule has 198 valence electrons. The highest BCUT2D eigenvalue weighted by atomic mass is 15.0. The summed E-state index contributed by atoms with van der Waals surface area (Å²) in [5, 5.41) is 0. The molecule has 0 spiro atoms. The highest BCUT2D eigenvalue weighted by molar-refractivity contribution is 6.32. The molecular weight excluding hydrogens is 508 g/mol. The van der Waals surface area contributed by atoms with E-state index in [4.69, 9.17) is 0 Å². The minimum Gasteiger partial charge on any atom is -0.355 e. The van der Waals surface area contributed by atoms with E-state index >= 15 is 0 Å². The molecule has 4 aromatic heterocycles. The molecule has 0 saturated heterocycles. The smallest absolute Gasteiger partial charge is 0.173 e. The third-order valence-electron chi connectivity index (χ3n) is 6.74. The molecule has 0 atom stereocenters. The summed E-state index contributed by atoms with van der Waals surface area (Å²) in [7, 11) is 0. The Kier molecular flexibility index (Phi) is 6.47. The van der Waals surface area contributed by atoms with Gasteiger partial charge in [0.25, 0.3) is 0 Å². The van der Waals surface area contributed by atoms with Crippen molar-refractivity contribution in [3.63, 3.8) is 0 Å². The molecule has 8 rings (SSSR count). The first kappa shape index (κ1) is 24.4. The van der Waals surface area contributed by atoms with E-state index in [1.165, 1.54) is 5.56 Å². The minimum absolute atomic E-state index is 0.700. The van der Waals surface area contributed by atoms with Gasteiger partial charge in [0.1, 0.15) is 0 Å². The molecule has 1 aromatic carbocycles. The van der Waals surface area contributed by atoms with Crippen molar-refractivity contribution in [1.82, 2.24) is 29.9 Å². The van der Waals surface area contributed by atoms with Crippen LogP contribution >= 0.6 is 0 Å². The molecule has 8 heteroatoms. The number of nitrogens with one attached hydrogen (secondary N) is 3. The normalized spacial score (nSPS) is 14.1. The van der Waals surface area contributed by atoms with Gasteiger partial charge < -0.3 is 15.0 Å². The van der Waals surface area contributed by atoms with Gasteiger partial charge in [0.2, 0.25) is 0 Å². The molecule has 0 fully saturated rings. The Bertz CT molecular complexity index is 1910. The summed E-state index contributed by atoms with van der Waals surface area (Å²) in [6, 6.07) is 26.6. The van der Waals surface area contributed by atoms with Gasteiger partial charge in [0.05, 0.1) is 53.3 Å². The number of aromatic amines is 3. The van der Waals surface area contributed by atoms with Gasteiger partial charge in [0, 0.05) is 28.5 Å². The SMILES string of the molecule is C1=Cc2cc3ccc(cc4ccc(cc5nc(cc1n2)C=C5)[nH]4)[nH]3.C1=Nc2nc[nH]c2CC1=NCc1ccccc1. The van der Waals surface area contributed by atoms with E-state index in [0.717, 1.165) is 68.5 Å². The largest absolute Gasteiger partial charge is 0.355 e. The van der Waals surface area contributed by atoms with E-state index in [-0.39, 0.29) is 0 Å². The number of hydrogen-bond acceptors (Lipinski definition) is 5. The van der Waals surface area contributed by atoms with Gasteiger partial charge in [-0.05, 0) is 78.4 Å². The van der Waals surface area contributed by atoms with E-state index in [0.29, 0.717) is 6.54 Å². The van der Waals surface area contributed by atoms with Crippen LogP contribution in [0.5, 0.6) is 0 Å². The highest BCUT2D eigenvalue weighted by Gasteiger charge is 2.11. The van der Waals surface area contributed by atoms with Crippen molar-refractivity contribution in [2.75, 3.05) is 0 Å². The second kappa shape index (κ2) is 10.9. The maximum absolute atomic E-state index is 4.62. The Morgan fingerprint density at radius 2 is 1.24 bits per heavy atom. The van der Waals surface area contributed by atoms with E-state index in [1.807, 2.05) is 60.7 Å². The molecule has 0 radical (unpaired) electrons. The van der Waals surface area contributed by atoms with Gasteiger partial charge in [0.15, 0.2) is 5.82 Å². The van der Waals surface area contributed by atoms with Crippen LogP contribution in [-0.2, 0) is 13.0 Å². The molecule has 0 amide bonds. The Hall–Kier alpha value is -5.63. The lowest BCUT2D eigenvalue weighted by molar-refractivity contribution is 1.05. The van der Waals surface area contributed by atoms with Crippen molar-refractivity contribution in [1.29, 1.82) is 0 Å². The fraction of sp³-hybridized carbons (Fsp3) is 0.0606. The third kappa shape index (κ3) is 5.86. The maximum atomic E-state index is 4.62. The lowest BCUT2D eigenvalue weighted by atomic mass is 10.1. The van der Waals surface area contributed by atoms with Crippen molar-refractivity contribution in [3.8, 4) is 0 Å². The molecule has 8 bridgehead atoms. The maximum Gasteiger partial charge on any atom is 0.173 e. The van der Waals surface area contributed by atoms with Gasteiger partial charge in [-0.25, -0.2) is 19.9 Å². The first-order valence-electron chi connectivity index (χ1n) is 13.4. The minimum atomic E-state index is 0.700. The molecule has 5 aromatic rings. The molecule has 41 heavy (non-hydrogen) atoms. The Balaban J connectivity index is 0.000000143. The van der Waals surface area contributed by atoms with E-state index in [1.54, 1.807) is 12.5 Å². The van der Waals surface area contributed by atoms with Gasteiger partial charge >= 0.3 is 0 Å². The number of imidazole rings is 1. The van der Waals surface area contributed by atoms with Crippen molar-refractivity contribution in [3.05, 3.63) is 119 Å². The van der Waals surface area contributed by atoms with Gasteiger partial charge in [-0.2, -0.15) is 0 Å². The summed E-state index contributed by atoms with van der Waals surface area (Å²) in [5.74, 6) is 0.781. The van der Waals surface area contributed by atoms with Crippen LogP contribution in [0.2, 0.25) is 0 Å². The average molecular weight is 535 g/mol. The van der Waals surface area contributed by atoms with Gasteiger partial charge in [-0.3, -0.25) is 4.99 Å². The number of hydrogen-bond donors (Lipinski definition) is 3. The summed E-state index contributed by atoms with van der Waals surface area (Å²) in [6.45, 7) is 0.700. The standard InChI is InChI=1S/C20H14N4.C13H12N4/c1-2-14-10-16-5-6-18(23-16)12-20-8-7-19(24-20)11-17-4-3-15(22-17)9-13(1)21-14;1-2-4-10(5-3-1)7-14-11-6-12-13(15-8-11)17-9-16-12/h1-12,21-22H;1-5,8-9H,6-7H2,(H,16,17). The van der Waals surface area contributed by atoms with Crippen LogP contribution in [0, 0.1) is 0 Å². The number of H-pyrrole nitrogens is 3. The first-order valence-corrected chi connectivity index (χ1v) is 13.4. The zero-order chi connectivity index (χ0) is 27.4. The summed E-state index contributed by atoms with van der Waals surface area (Å²) in [4.78, 5) is 32.0. The molecule has 8 nitrogen and oxygen atoms in total. The molecule has 0 aliphatic carbocycles. The first-order chi connectivity index (χ1) is 20.2. The van der Waals surface area contributed by atoms with Crippen molar-refractivity contribution in [2.45, 2.75) is 13.0 Å². The number of nitrogens with zero attached hydrogens (tertiary/aromatic N) is 5. The van der Waals surface area contributed by atoms with Crippen LogP contribution in [-0.4, -0.2) is 41.8 Å². The second-order valence-corrected chi connectivity index (χ2v) is 9.84. The fourth-order valence-electron chi connectivity index (χ4n) is 4.73. The van der Waals surface area contributed by atoms with Crippen LogP contribution in [0.15, 0.2) is 95.2 Å². The molecule has 0 unspecified atom stereocenters. The number of fused-ring (bicyclic) bond motifs is 9. The van der Waals surface area contributed by atoms with Crippen LogP contribution in [0.1, 0.15) is 34.0 Å². The van der Waals surface area contributed by atoms with Crippen LogP contribution in [0.4, 0.5) is 5.82 Å². The predicted octanol–water partition coefficient (Wildman–Crippen LogP) is 6.96. The quantitative estimate of drug-likeness (QED) is 0.223. The number of aliphatic imine (C=N–C) groups is 2. The number of benzene rings is 1. The van der Waals surface area contributed by atoms with Crippen molar-refractivity contribution < 1.29 is 0 Å². The molecular formula is C33H26N8. The molecule has 3 aliphatic rings. The van der Waals surface area contributed by atoms with E-state index in [9.17, 15) is 0 Å². The second-order valence-electron chi connectivity index (χ2n) is 9.84. The fourth-order valence-corrected chi connectivity index (χ4v) is 4.73. The van der Waals surface area contributed by atoms with Gasteiger partial charge in [-0.1, -0.05) is 30.3 Å². The zero-order valence-electron chi connectivity index (χ0n) is 22.1. The lowest BCUT2D eigenvalue weighted by Crippen LogP contribution is -2.09. The summed E-state index contributed by atoms with van der Waals surface area (Å²) >= 11 is 0. The lowest BCUT2D eigenvalue weighted by Gasteiger charge is -2.05.